The van der Waals surface area contributed by atoms with Crippen LogP contribution < -0.4 is 19.5 Å². The molecule has 0 aliphatic heterocycles. The van der Waals surface area contributed by atoms with Gasteiger partial charge >= 0.3 is 0 Å². The quantitative estimate of drug-likeness (QED) is 0.847. The molecule has 7 nitrogen and oxygen atoms in total. The van der Waals surface area contributed by atoms with Crippen molar-refractivity contribution < 1.29 is 17.9 Å². The largest absolute Gasteiger partial charge is 0.493 e. The second kappa shape index (κ2) is 6.52. The van der Waals surface area contributed by atoms with Gasteiger partial charge in [-0.3, -0.25) is 4.72 Å². The molecule has 2 rings (SSSR count). The van der Waals surface area contributed by atoms with Crippen molar-refractivity contribution in [3.8, 4) is 11.5 Å². The Morgan fingerprint density at radius 2 is 1.68 bits per heavy atom. The Morgan fingerprint density at radius 1 is 1.00 bits per heavy atom. The number of hydrogen-bond acceptors (Lipinski definition) is 6. The molecule has 2 N–H and O–H groups in total. The number of aromatic nitrogens is 1. The Balaban J connectivity index is 2.14. The number of hydrogen-bond donors (Lipinski definition) is 2. The van der Waals surface area contributed by atoms with E-state index in [2.05, 4.69) is 15.0 Å². The van der Waals surface area contributed by atoms with Crippen LogP contribution in [0.5, 0.6) is 11.5 Å². The summed E-state index contributed by atoms with van der Waals surface area (Å²) >= 11 is 0. The smallest absolute Gasteiger partial charge is 0.229 e. The summed E-state index contributed by atoms with van der Waals surface area (Å²) < 4.78 is 35.0. The lowest BCUT2D eigenvalue weighted by atomic mass is 10.2. The maximum absolute atomic E-state index is 11.1. The van der Waals surface area contributed by atoms with E-state index in [0.717, 1.165) is 11.9 Å². The molecule has 0 spiro atoms. The first-order chi connectivity index (χ1) is 10.4. The van der Waals surface area contributed by atoms with E-state index in [4.69, 9.17) is 9.47 Å². The monoisotopic (exact) mass is 323 g/mol. The van der Waals surface area contributed by atoms with Gasteiger partial charge < -0.3 is 14.8 Å². The van der Waals surface area contributed by atoms with Crippen LogP contribution in [0.4, 0.5) is 17.2 Å². The molecule has 0 atom stereocenters. The lowest BCUT2D eigenvalue weighted by molar-refractivity contribution is 0.355. The second-order valence-electron chi connectivity index (χ2n) is 4.50. The highest BCUT2D eigenvalue weighted by Gasteiger charge is 2.06. The molecule has 0 aliphatic carbocycles. The van der Waals surface area contributed by atoms with E-state index < -0.39 is 10.0 Å². The van der Waals surface area contributed by atoms with E-state index in [1.165, 1.54) is 6.20 Å². The van der Waals surface area contributed by atoms with Crippen LogP contribution in [-0.2, 0) is 10.0 Å². The zero-order chi connectivity index (χ0) is 16.2. The molecular weight excluding hydrogens is 306 g/mol. The maximum atomic E-state index is 11.1. The molecule has 0 saturated carbocycles. The highest BCUT2D eigenvalue weighted by molar-refractivity contribution is 7.92. The summed E-state index contributed by atoms with van der Waals surface area (Å²) in [6.45, 7) is 0. The van der Waals surface area contributed by atoms with Gasteiger partial charge in [-0.2, -0.15) is 0 Å². The highest BCUT2D eigenvalue weighted by atomic mass is 32.2. The van der Waals surface area contributed by atoms with Gasteiger partial charge in [-0.15, -0.1) is 0 Å². The molecule has 0 aliphatic rings. The Labute approximate surface area is 129 Å². The third-order valence-corrected chi connectivity index (χ3v) is 3.33. The third kappa shape index (κ3) is 4.26. The predicted octanol–water partition coefficient (Wildman–Crippen LogP) is 2.21. The predicted molar refractivity (Wildman–Crippen MR) is 85.5 cm³/mol. The summed E-state index contributed by atoms with van der Waals surface area (Å²) in [5.41, 5.74) is 1.18. The van der Waals surface area contributed by atoms with Gasteiger partial charge in [0.05, 0.1) is 32.4 Å². The number of methoxy groups -OCH3 is 2. The Bertz CT molecular complexity index is 745. The fraction of sp³-hybridized carbons (Fsp3) is 0.214. The lowest BCUT2D eigenvalue weighted by Crippen LogP contribution is -2.09. The normalized spacial score (nSPS) is 10.9. The minimum absolute atomic E-state index is 0.403. The topological polar surface area (TPSA) is 89.6 Å². The first-order valence-corrected chi connectivity index (χ1v) is 8.23. The van der Waals surface area contributed by atoms with Gasteiger partial charge in [0, 0.05) is 11.8 Å². The molecule has 1 aromatic carbocycles. The second-order valence-corrected chi connectivity index (χ2v) is 6.25. The van der Waals surface area contributed by atoms with E-state index in [0.29, 0.717) is 23.0 Å². The molecule has 0 radical (unpaired) electrons. The molecule has 0 saturated heterocycles. The highest BCUT2D eigenvalue weighted by Crippen LogP contribution is 2.30. The summed E-state index contributed by atoms with van der Waals surface area (Å²) in [4.78, 5) is 4.15. The standard InChI is InChI=1S/C14H17N3O4S/c1-20-12-6-4-10(8-13(12)21-2)16-14-7-5-11(9-15-14)17-22(3,18)19/h4-9,17H,1-3H3,(H,15,16). The molecule has 118 valence electrons. The van der Waals surface area contributed by atoms with Crippen molar-refractivity contribution in [3.05, 3.63) is 36.5 Å². The lowest BCUT2D eigenvalue weighted by Gasteiger charge is -2.11. The molecule has 2 aromatic rings. The van der Waals surface area contributed by atoms with Crippen LogP contribution >= 0.6 is 0 Å². The molecule has 22 heavy (non-hydrogen) atoms. The van der Waals surface area contributed by atoms with Crippen LogP contribution in [-0.4, -0.2) is 33.9 Å². The van der Waals surface area contributed by atoms with Crippen molar-refractivity contribution in [1.82, 2.24) is 4.98 Å². The summed E-state index contributed by atoms with van der Waals surface area (Å²) in [5, 5.41) is 3.10. The number of nitrogens with one attached hydrogen (secondary N) is 2. The molecule has 0 amide bonds. The van der Waals surface area contributed by atoms with Crippen LogP contribution in [0.3, 0.4) is 0 Å². The number of pyridine rings is 1. The Kier molecular flexibility index (Phi) is 4.71. The van der Waals surface area contributed by atoms with Gasteiger partial charge in [0.15, 0.2) is 11.5 Å². The van der Waals surface area contributed by atoms with E-state index in [9.17, 15) is 8.42 Å². The minimum atomic E-state index is -3.31. The van der Waals surface area contributed by atoms with Crippen LogP contribution in [0, 0.1) is 0 Å². The Morgan fingerprint density at radius 3 is 2.23 bits per heavy atom. The van der Waals surface area contributed by atoms with Crippen LogP contribution in [0.25, 0.3) is 0 Å². The van der Waals surface area contributed by atoms with Crippen molar-refractivity contribution in [2.75, 3.05) is 30.5 Å². The van der Waals surface area contributed by atoms with Crippen molar-refractivity contribution in [2.24, 2.45) is 0 Å². The van der Waals surface area contributed by atoms with Crippen molar-refractivity contribution >= 4 is 27.2 Å². The van der Waals surface area contributed by atoms with Gasteiger partial charge in [-0.05, 0) is 24.3 Å². The van der Waals surface area contributed by atoms with Crippen molar-refractivity contribution in [3.63, 3.8) is 0 Å². The number of benzene rings is 1. The molecule has 8 heteroatoms. The zero-order valence-electron chi connectivity index (χ0n) is 12.5. The average molecular weight is 323 g/mol. The molecule has 0 fully saturated rings. The van der Waals surface area contributed by atoms with Crippen molar-refractivity contribution in [1.29, 1.82) is 0 Å². The van der Waals surface area contributed by atoms with Gasteiger partial charge in [-0.1, -0.05) is 0 Å². The third-order valence-electron chi connectivity index (χ3n) is 2.72. The van der Waals surface area contributed by atoms with E-state index in [1.807, 2.05) is 6.07 Å². The summed E-state index contributed by atoms with van der Waals surface area (Å²) in [6, 6.07) is 8.68. The van der Waals surface area contributed by atoms with Crippen molar-refractivity contribution in [2.45, 2.75) is 0 Å². The Hall–Kier alpha value is -2.48. The number of rotatable bonds is 6. The summed E-state index contributed by atoms with van der Waals surface area (Å²) in [7, 11) is -0.176. The SMILES string of the molecule is COc1ccc(Nc2ccc(NS(C)(=O)=O)cn2)cc1OC. The van der Waals surface area contributed by atoms with E-state index in [-0.39, 0.29) is 0 Å². The van der Waals surface area contributed by atoms with Gasteiger partial charge in [0.25, 0.3) is 0 Å². The average Bonchev–Trinajstić information content (AvgIpc) is 2.47. The summed E-state index contributed by atoms with van der Waals surface area (Å²) in [5.74, 6) is 1.81. The van der Waals surface area contributed by atoms with E-state index >= 15 is 0 Å². The van der Waals surface area contributed by atoms with Crippen LogP contribution in [0.2, 0.25) is 0 Å². The number of anilines is 3. The molecular formula is C14H17N3O4S. The number of ether oxygens (including phenoxy) is 2. The fourth-order valence-corrected chi connectivity index (χ4v) is 2.35. The fourth-order valence-electron chi connectivity index (χ4n) is 1.80. The molecule has 1 heterocycles. The molecule has 0 unspecified atom stereocenters. The number of nitrogens with zero attached hydrogens (tertiary/aromatic N) is 1. The molecule has 1 aromatic heterocycles. The van der Waals surface area contributed by atoms with Gasteiger partial charge in [0.2, 0.25) is 10.0 Å². The van der Waals surface area contributed by atoms with E-state index in [1.54, 1.807) is 38.5 Å². The first kappa shape index (κ1) is 15.9. The number of sulfonamides is 1. The molecule has 0 bridgehead atoms. The zero-order valence-corrected chi connectivity index (χ0v) is 13.3. The van der Waals surface area contributed by atoms with Crippen LogP contribution in [0.1, 0.15) is 0 Å². The summed E-state index contributed by atoms with van der Waals surface area (Å²) in [6.07, 6.45) is 2.52. The van der Waals surface area contributed by atoms with Crippen LogP contribution in [0.15, 0.2) is 36.5 Å². The first-order valence-electron chi connectivity index (χ1n) is 6.34. The minimum Gasteiger partial charge on any atom is -0.493 e. The maximum Gasteiger partial charge on any atom is 0.229 e. The van der Waals surface area contributed by atoms with Gasteiger partial charge in [-0.25, -0.2) is 13.4 Å². The van der Waals surface area contributed by atoms with Gasteiger partial charge in [0.1, 0.15) is 5.82 Å².